The van der Waals surface area contributed by atoms with Crippen LogP contribution in [0.15, 0.2) is 48.6 Å². The first-order valence-electron chi connectivity index (χ1n) is 26.2. The van der Waals surface area contributed by atoms with Crippen LogP contribution >= 0.6 is 0 Å². The highest BCUT2D eigenvalue weighted by Crippen LogP contribution is 2.16. The van der Waals surface area contributed by atoms with Crippen LogP contribution in [0.2, 0.25) is 0 Å². The van der Waals surface area contributed by atoms with Crippen LogP contribution in [0.4, 0.5) is 0 Å². The van der Waals surface area contributed by atoms with E-state index >= 15 is 0 Å². The Morgan fingerprint density at radius 1 is 0.400 bits per heavy atom. The number of carbonyl (C=O) groups excluding carboxylic acids is 2. The van der Waals surface area contributed by atoms with Gasteiger partial charge >= 0.3 is 11.9 Å². The molecule has 0 bridgehead atoms. The minimum absolute atomic E-state index is 0.0759. The molecule has 0 aliphatic carbocycles. The van der Waals surface area contributed by atoms with Crippen molar-refractivity contribution in [2.24, 2.45) is 0 Å². The zero-order chi connectivity index (χ0) is 43.5. The van der Waals surface area contributed by atoms with Gasteiger partial charge in [-0.2, -0.15) is 0 Å². The lowest BCUT2D eigenvalue weighted by Gasteiger charge is -2.15. The van der Waals surface area contributed by atoms with E-state index in [9.17, 15) is 14.7 Å². The predicted octanol–water partition coefficient (Wildman–Crippen LogP) is 17.3. The minimum atomic E-state index is -0.785. The van der Waals surface area contributed by atoms with E-state index in [-0.39, 0.29) is 25.2 Å². The van der Waals surface area contributed by atoms with Gasteiger partial charge in [0.05, 0.1) is 6.61 Å². The molecule has 0 spiro atoms. The largest absolute Gasteiger partial charge is 0.462 e. The first-order valence-corrected chi connectivity index (χ1v) is 26.2. The van der Waals surface area contributed by atoms with Crippen LogP contribution in [0.1, 0.15) is 271 Å². The first-order chi connectivity index (χ1) is 29.6. The number of hydrogen-bond acceptors (Lipinski definition) is 5. The summed E-state index contributed by atoms with van der Waals surface area (Å²) in [5.74, 6) is -0.617. The summed E-state index contributed by atoms with van der Waals surface area (Å²) in [6.45, 7) is 4.02. The maximum Gasteiger partial charge on any atom is 0.306 e. The SMILES string of the molecule is CC/C=C\C/C=C\C/C=C\CCCCCC(=O)OC(CO)COC(=O)CCCCCCCCCCCCCCCCCCCCCCC/C=C\CCCCCCCCCC. The van der Waals surface area contributed by atoms with Gasteiger partial charge in [-0.25, -0.2) is 0 Å². The maximum absolute atomic E-state index is 12.2. The van der Waals surface area contributed by atoms with Crippen LogP contribution in [-0.4, -0.2) is 36.4 Å². The van der Waals surface area contributed by atoms with Crippen molar-refractivity contribution < 1.29 is 24.2 Å². The fraction of sp³-hybridized carbons (Fsp3) is 0.818. The molecule has 0 rings (SSSR count). The number of allylic oxidation sites excluding steroid dienone is 8. The van der Waals surface area contributed by atoms with Crippen LogP contribution < -0.4 is 0 Å². The van der Waals surface area contributed by atoms with E-state index in [1.807, 2.05) is 0 Å². The van der Waals surface area contributed by atoms with E-state index in [0.717, 1.165) is 64.2 Å². The molecular weight excluding hydrogens is 741 g/mol. The van der Waals surface area contributed by atoms with E-state index in [1.165, 1.54) is 180 Å². The smallest absolute Gasteiger partial charge is 0.306 e. The number of carbonyl (C=O) groups is 2. The zero-order valence-electron chi connectivity index (χ0n) is 40.0. The van der Waals surface area contributed by atoms with Crippen LogP contribution in [-0.2, 0) is 19.1 Å². The van der Waals surface area contributed by atoms with Crippen molar-refractivity contribution in [1.82, 2.24) is 0 Å². The number of rotatable bonds is 48. The Morgan fingerprint density at radius 2 is 0.717 bits per heavy atom. The molecule has 0 heterocycles. The number of aliphatic hydroxyl groups excluding tert-OH is 1. The third-order valence-electron chi connectivity index (χ3n) is 11.6. The first kappa shape index (κ1) is 57.9. The van der Waals surface area contributed by atoms with Crippen LogP contribution in [0.3, 0.4) is 0 Å². The van der Waals surface area contributed by atoms with Crippen molar-refractivity contribution in [2.75, 3.05) is 13.2 Å². The highest BCUT2D eigenvalue weighted by molar-refractivity contribution is 5.70. The van der Waals surface area contributed by atoms with Crippen molar-refractivity contribution in [3.8, 4) is 0 Å². The summed E-state index contributed by atoms with van der Waals surface area (Å²) in [6.07, 6.45) is 66.7. The molecule has 0 radical (unpaired) electrons. The Labute approximate surface area is 373 Å². The van der Waals surface area contributed by atoms with E-state index in [4.69, 9.17) is 9.47 Å². The van der Waals surface area contributed by atoms with Gasteiger partial charge in [0.25, 0.3) is 0 Å². The lowest BCUT2D eigenvalue weighted by molar-refractivity contribution is -0.161. The fourth-order valence-electron chi connectivity index (χ4n) is 7.68. The van der Waals surface area contributed by atoms with Gasteiger partial charge in [0.15, 0.2) is 6.10 Å². The summed E-state index contributed by atoms with van der Waals surface area (Å²) in [6, 6.07) is 0. The number of esters is 2. The predicted molar refractivity (Wildman–Crippen MR) is 261 cm³/mol. The van der Waals surface area contributed by atoms with Gasteiger partial charge < -0.3 is 14.6 Å². The third kappa shape index (κ3) is 48.5. The molecule has 0 aromatic carbocycles. The second kappa shape index (κ2) is 51.2. The van der Waals surface area contributed by atoms with Crippen molar-refractivity contribution in [2.45, 2.75) is 277 Å². The van der Waals surface area contributed by atoms with Gasteiger partial charge in [-0.3, -0.25) is 9.59 Å². The van der Waals surface area contributed by atoms with E-state index in [2.05, 4.69) is 62.5 Å². The second-order valence-electron chi connectivity index (χ2n) is 17.6. The summed E-state index contributed by atoms with van der Waals surface area (Å²) in [4.78, 5) is 24.4. The van der Waals surface area contributed by atoms with Crippen LogP contribution in [0.25, 0.3) is 0 Å². The van der Waals surface area contributed by atoms with Gasteiger partial charge in [-0.05, 0) is 70.6 Å². The molecule has 0 aliphatic rings. The lowest BCUT2D eigenvalue weighted by atomic mass is 10.0. The third-order valence-corrected chi connectivity index (χ3v) is 11.6. The number of unbranched alkanes of at least 4 members (excludes halogenated alkanes) is 32. The Balaban J connectivity index is 3.40. The molecule has 0 aromatic rings. The van der Waals surface area contributed by atoms with Crippen LogP contribution in [0.5, 0.6) is 0 Å². The molecule has 60 heavy (non-hydrogen) atoms. The minimum Gasteiger partial charge on any atom is -0.462 e. The zero-order valence-corrected chi connectivity index (χ0v) is 40.0. The topological polar surface area (TPSA) is 72.8 Å². The van der Waals surface area contributed by atoms with Crippen molar-refractivity contribution in [1.29, 1.82) is 0 Å². The molecule has 0 amide bonds. The average Bonchev–Trinajstić information content (AvgIpc) is 3.25. The summed E-state index contributed by atoms with van der Waals surface area (Å²) in [5, 5.41) is 9.59. The Kier molecular flexibility index (Phi) is 49.4. The van der Waals surface area contributed by atoms with Gasteiger partial charge in [0.1, 0.15) is 6.61 Å². The molecule has 5 nitrogen and oxygen atoms in total. The normalized spacial score (nSPS) is 12.5. The molecule has 350 valence electrons. The van der Waals surface area contributed by atoms with Gasteiger partial charge in [0, 0.05) is 12.8 Å². The quantitative estimate of drug-likeness (QED) is 0.0375. The Hall–Kier alpha value is -2.14. The summed E-state index contributed by atoms with van der Waals surface area (Å²) >= 11 is 0. The van der Waals surface area contributed by atoms with E-state index in [0.29, 0.717) is 12.8 Å². The number of ether oxygens (including phenoxy) is 2. The molecule has 0 aliphatic heterocycles. The summed E-state index contributed by atoms with van der Waals surface area (Å²) in [5.41, 5.74) is 0. The van der Waals surface area contributed by atoms with Gasteiger partial charge in [-0.1, -0.05) is 236 Å². The van der Waals surface area contributed by atoms with Crippen molar-refractivity contribution >= 4 is 11.9 Å². The number of aliphatic hydroxyl groups is 1. The molecule has 1 unspecified atom stereocenters. The van der Waals surface area contributed by atoms with Gasteiger partial charge in [-0.15, -0.1) is 0 Å². The van der Waals surface area contributed by atoms with Crippen molar-refractivity contribution in [3.63, 3.8) is 0 Å². The van der Waals surface area contributed by atoms with E-state index in [1.54, 1.807) is 0 Å². The maximum atomic E-state index is 12.2. The summed E-state index contributed by atoms with van der Waals surface area (Å²) < 4.78 is 10.6. The molecular formula is C55H100O5. The standard InChI is InChI=1S/C55H100O5/c1-3-5-7-9-11-13-15-17-18-19-20-21-22-23-24-25-26-27-28-29-30-31-32-33-34-35-36-38-39-41-43-45-47-49-54(57)59-52-53(51-56)60-55(58)50-48-46-44-42-40-37-16-14-12-10-8-6-4-2/h6,8,12,14,19-20,37,40,53,56H,3-5,7,9-11,13,15-18,21-36,38-39,41-52H2,1-2H3/b8-6-,14-12-,20-19-,40-37-. The summed E-state index contributed by atoms with van der Waals surface area (Å²) in [7, 11) is 0. The van der Waals surface area contributed by atoms with E-state index < -0.39 is 6.10 Å². The molecule has 5 heteroatoms. The van der Waals surface area contributed by atoms with Gasteiger partial charge in [0.2, 0.25) is 0 Å². The highest BCUT2D eigenvalue weighted by Gasteiger charge is 2.16. The molecule has 0 saturated heterocycles. The molecule has 0 fully saturated rings. The monoisotopic (exact) mass is 841 g/mol. The second-order valence-corrected chi connectivity index (χ2v) is 17.6. The van der Waals surface area contributed by atoms with Crippen LogP contribution in [0, 0.1) is 0 Å². The molecule has 0 aromatic heterocycles. The molecule has 1 atom stereocenters. The Morgan fingerprint density at radius 3 is 1.12 bits per heavy atom. The lowest BCUT2D eigenvalue weighted by Crippen LogP contribution is -2.28. The highest BCUT2D eigenvalue weighted by atomic mass is 16.6. The Bertz CT molecular complexity index is 997. The van der Waals surface area contributed by atoms with Crippen molar-refractivity contribution in [3.05, 3.63) is 48.6 Å². The fourth-order valence-corrected chi connectivity index (χ4v) is 7.68. The molecule has 0 saturated carbocycles. The number of hydrogen-bond donors (Lipinski definition) is 1. The average molecular weight is 841 g/mol. The molecule has 1 N–H and O–H groups in total.